The molecule has 3 aromatic carbocycles. The van der Waals surface area contributed by atoms with Gasteiger partial charge < -0.3 is 9.64 Å². The second-order valence-electron chi connectivity index (χ2n) is 11.3. The standard InChI is InChI=1S/C36H53NO2/c1-5-9-11-13-23-31(19-7-3)37(32(20-8-4)24-14-12-10-6-2)36(38)39-28-35-33-25-17-15-21-29(33)27-30-22-16-18-26-34(30)35/h15-18,21-22,25-27,31-32H,5-14,19-20,23-24,28H2,1-4H3. The highest BCUT2D eigenvalue weighted by Gasteiger charge is 2.31. The molecule has 0 aliphatic carbocycles. The summed E-state index contributed by atoms with van der Waals surface area (Å²) in [5, 5.41) is 4.73. The fraction of sp³-hybridized carbons (Fsp3) is 0.583. The molecule has 39 heavy (non-hydrogen) atoms. The van der Waals surface area contributed by atoms with Gasteiger partial charge in [0, 0.05) is 17.6 Å². The number of hydrogen-bond acceptors (Lipinski definition) is 2. The highest BCUT2D eigenvalue weighted by molar-refractivity contribution is 6.02. The van der Waals surface area contributed by atoms with Crippen LogP contribution in [0, 0.1) is 0 Å². The first-order chi connectivity index (χ1) is 19.1. The molecule has 2 atom stereocenters. The first kappa shape index (κ1) is 31.0. The highest BCUT2D eigenvalue weighted by Crippen LogP contribution is 2.30. The fourth-order valence-corrected chi connectivity index (χ4v) is 6.19. The Morgan fingerprint density at radius 3 is 1.59 bits per heavy atom. The monoisotopic (exact) mass is 531 g/mol. The molecule has 214 valence electrons. The molecule has 2 unspecified atom stereocenters. The van der Waals surface area contributed by atoms with Crippen LogP contribution in [0.2, 0.25) is 0 Å². The SMILES string of the molecule is CCCCCCC(CCC)N(C(=O)OCc1c2ccccc2cc2ccccc12)C(CCC)CCCCCC. The Morgan fingerprint density at radius 1 is 0.641 bits per heavy atom. The van der Waals surface area contributed by atoms with E-state index in [1.54, 1.807) is 0 Å². The van der Waals surface area contributed by atoms with Crippen molar-refractivity contribution in [3.8, 4) is 0 Å². The van der Waals surface area contributed by atoms with Crippen LogP contribution in [0.1, 0.15) is 123 Å². The van der Waals surface area contributed by atoms with Gasteiger partial charge in [0.1, 0.15) is 6.61 Å². The number of ether oxygens (including phenoxy) is 1. The Labute approximate surface area is 238 Å². The van der Waals surface area contributed by atoms with Crippen LogP contribution in [0.15, 0.2) is 54.6 Å². The Morgan fingerprint density at radius 2 is 1.13 bits per heavy atom. The molecule has 0 aliphatic rings. The fourth-order valence-electron chi connectivity index (χ4n) is 6.19. The van der Waals surface area contributed by atoms with Crippen LogP contribution in [-0.4, -0.2) is 23.1 Å². The van der Waals surface area contributed by atoms with Gasteiger partial charge >= 0.3 is 6.09 Å². The average molecular weight is 532 g/mol. The van der Waals surface area contributed by atoms with E-state index < -0.39 is 0 Å². The van der Waals surface area contributed by atoms with Crippen molar-refractivity contribution in [1.29, 1.82) is 0 Å². The summed E-state index contributed by atoms with van der Waals surface area (Å²) in [7, 11) is 0. The van der Waals surface area contributed by atoms with Gasteiger partial charge in [0.25, 0.3) is 0 Å². The molecule has 0 saturated heterocycles. The quantitative estimate of drug-likeness (QED) is 0.121. The molecule has 0 fully saturated rings. The van der Waals surface area contributed by atoms with Crippen molar-refractivity contribution in [1.82, 2.24) is 4.90 Å². The number of carbonyl (C=O) groups excluding carboxylic acids is 1. The second kappa shape index (κ2) is 17.2. The molecule has 0 aliphatic heterocycles. The number of benzene rings is 3. The summed E-state index contributed by atoms with van der Waals surface area (Å²) in [4.78, 5) is 16.3. The maximum atomic E-state index is 14.1. The Kier molecular flexibility index (Phi) is 13.7. The number of rotatable bonds is 18. The predicted molar refractivity (Wildman–Crippen MR) is 168 cm³/mol. The number of carbonyl (C=O) groups is 1. The Hall–Kier alpha value is -2.55. The average Bonchev–Trinajstić information content (AvgIpc) is 2.95. The molecule has 0 saturated carbocycles. The van der Waals surface area contributed by atoms with E-state index in [4.69, 9.17) is 4.74 Å². The first-order valence-electron chi connectivity index (χ1n) is 16.0. The normalized spacial score (nSPS) is 13.0. The van der Waals surface area contributed by atoms with E-state index in [0.717, 1.165) is 44.1 Å². The summed E-state index contributed by atoms with van der Waals surface area (Å²) in [6.45, 7) is 9.33. The lowest BCUT2D eigenvalue weighted by Crippen LogP contribution is -2.47. The maximum absolute atomic E-state index is 14.1. The Bertz CT molecular complexity index is 1050. The van der Waals surface area contributed by atoms with Gasteiger partial charge in [0.2, 0.25) is 0 Å². The van der Waals surface area contributed by atoms with Crippen molar-refractivity contribution < 1.29 is 9.53 Å². The number of fused-ring (bicyclic) bond motifs is 2. The van der Waals surface area contributed by atoms with E-state index in [1.165, 1.54) is 72.9 Å². The van der Waals surface area contributed by atoms with Crippen molar-refractivity contribution in [2.75, 3.05) is 0 Å². The lowest BCUT2D eigenvalue weighted by molar-refractivity contribution is 0.0504. The highest BCUT2D eigenvalue weighted by atomic mass is 16.6. The predicted octanol–water partition coefficient (Wildman–Crippen LogP) is 11.2. The van der Waals surface area contributed by atoms with Gasteiger partial charge in [-0.25, -0.2) is 4.79 Å². The molecular weight excluding hydrogens is 478 g/mol. The summed E-state index contributed by atoms with van der Waals surface area (Å²) < 4.78 is 6.30. The molecule has 0 bridgehead atoms. The molecule has 0 aromatic heterocycles. The van der Waals surface area contributed by atoms with Crippen molar-refractivity contribution >= 4 is 27.6 Å². The smallest absolute Gasteiger partial charge is 0.410 e. The molecule has 3 heteroatoms. The molecular formula is C36H53NO2. The molecule has 3 nitrogen and oxygen atoms in total. The van der Waals surface area contributed by atoms with E-state index in [1.807, 2.05) is 0 Å². The van der Waals surface area contributed by atoms with Crippen LogP contribution >= 0.6 is 0 Å². The van der Waals surface area contributed by atoms with Crippen LogP contribution in [0.4, 0.5) is 4.79 Å². The minimum absolute atomic E-state index is 0.116. The van der Waals surface area contributed by atoms with E-state index in [-0.39, 0.29) is 18.2 Å². The van der Waals surface area contributed by atoms with Crippen LogP contribution < -0.4 is 0 Å². The zero-order chi connectivity index (χ0) is 27.9. The molecule has 0 N–H and O–H groups in total. The van der Waals surface area contributed by atoms with Gasteiger partial charge in [0.05, 0.1) is 0 Å². The molecule has 0 spiro atoms. The summed E-state index contributed by atoms with van der Waals surface area (Å²) in [5.41, 5.74) is 1.11. The second-order valence-corrected chi connectivity index (χ2v) is 11.3. The van der Waals surface area contributed by atoms with Crippen LogP contribution in [0.25, 0.3) is 21.5 Å². The third kappa shape index (κ3) is 8.98. The van der Waals surface area contributed by atoms with Gasteiger partial charge in [-0.05, 0) is 53.3 Å². The van der Waals surface area contributed by atoms with Crippen molar-refractivity contribution in [2.24, 2.45) is 0 Å². The van der Waals surface area contributed by atoms with E-state index in [2.05, 4.69) is 87.2 Å². The van der Waals surface area contributed by atoms with Gasteiger partial charge in [-0.1, -0.05) is 140 Å². The first-order valence-corrected chi connectivity index (χ1v) is 16.0. The van der Waals surface area contributed by atoms with Gasteiger partial charge in [-0.3, -0.25) is 0 Å². The maximum Gasteiger partial charge on any atom is 0.410 e. The lowest BCUT2D eigenvalue weighted by Gasteiger charge is -2.38. The molecule has 0 radical (unpaired) electrons. The summed E-state index contributed by atoms with van der Waals surface area (Å²) in [5.74, 6) is 0. The molecule has 0 heterocycles. The van der Waals surface area contributed by atoms with Crippen LogP contribution in [0.5, 0.6) is 0 Å². The summed E-state index contributed by atoms with van der Waals surface area (Å²) in [6, 6.07) is 19.7. The topological polar surface area (TPSA) is 29.5 Å². The van der Waals surface area contributed by atoms with Gasteiger partial charge in [0.15, 0.2) is 0 Å². The summed E-state index contributed by atoms with van der Waals surface area (Å²) >= 11 is 0. The number of nitrogens with zero attached hydrogens (tertiary/aromatic N) is 1. The van der Waals surface area contributed by atoms with E-state index in [0.29, 0.717) is 6.61 Å². The zero-order valence-electron chi connectivity index (χ0n) is 25.2. The number of hydrogen-bond donors (Lipinski definition) is 0. The van der Waals surface area contributed by atoms with E-state index in [9.17, 15) is 4.79 Å². The van der Waals surface area contributed by atoms with Crippen LogP contribution in [-0.2, 0) is 11.3 Å². The zero-order valence-corrected chi connectivity index (χ0v) is 25.2. The largest absolute Gasteiger partial charge is 0.444 e. The summed E-state index contributed by atoms with van der Waals surface area (Å²) in [6.07, 6.45) is 16.2. The number of unbranched alkanes of at least 4 members (excludes halogenated alkanes) is 6. The Balaban J connectivity index is 1.89. The van der Waals surface area contributed by atoms with Crippen molar-refractivity contribution in [3.05, 3.63) is 60.2 Å². The molecule has 1 amide bonds. The third-order valence-corrected chi connectivity index (χ3v) is 8.25. The minimum Gasteiger partial charge on any atom is -0.444 e. The molecule has 3 rings (SSSR count). The lowest BCUT2D eigenvalue weighted by atomic mass is 9.96. The van der Waals surface area contributed by atoms with Crippen molar-refractivity contribution in [2.45, 2.75) is 136 Å². The van der Waals surface area contributed by atoms with Gasteiger partial charge in [-0.2, -0.15) is 0 Å². The van der Waals surface area contributed by atoms with Crippen LogP contribution in [0.3, 0.4) is 0 Å². The third-order valence-electron chi connectivity index (χ3n) is 8.25. The van der Waals surface area contributed by atoms with Gasteiger partial charge in [-0.15, -0.1) is 0 Å². The van der Waals surface area contributed by atoms with E-state index >= 15 is 0 Å². The number of amides is 1. The van der Waals surface area contributed by atoms with Crippen molar-refractivity contribution in [3.63, 3.8) is 0 Å². The minimum atomic E-state index is -0.116. The molecule has 3 aromatic rings.